The molecule has 0 radical (unpaired) electrons. The van der Waals surface area contributed by atoms with Gasteiger partial charge in [-0.15, -0.1) is 0 Å². The first-order chi connectivity index (χ1) is 15.6. The van der Waals surface area contributed by atoms with Crippen LogP contribution in [0.5, 0.6) is 0 Å². The van der Waals surface area contributed by atoms with Crippen LogP contribution in [0.4, 0.5) is 4.39 Å². The number of halogens is 1. The first-order valence-electron chi connectivity index (χ1n) is 11.2. The van der Waals surface area contributed by atoms with E-state index in [9.17, 15) is 9.18 Å². The Morgan fingerprint density at radius 1 is 0.906 bits per heavy atom. The van der Waals surface area contributed by atoms with E-state index >= 15 is 0 Å². The summed E-state index contributed by atoms with van der Waals surface area (Å²) in [5, 5.41) is 4.25. The van der Waals surface area contributed by atoms with Gasteiger partial charge in [0.15, 0.2) is 0 Å². The summed E-state index contributed by atoms with van der Waals surface area (Å²) in [5.74, 6) is -0.132. The van der Waals surface area contributed by atoms with Gasteiger partial charge in [0.25, 0.3) is 0 Å². The van der Waals surface area contributed by atoms with Crippen LogP contribution in [-0.2, 0) is 24.2 Å². The van der Waals surface area contributed by atoms with Gasteiger partial charge in [-0.05, 0) is 49.4 Å². The number of para-hydroxylation sites is 1. The summed E-state index contributed by atoms with van der Waals surface area (Å²) in [4.78, 5) is 12.5. The van der Waals surface area contributed by atoms with Crippen molar-refractivity contribution in [2.45, 2.75) is 45.2 Å². The molecule has 1 heterocycles. The molecule has 1 N–H and O–H groups in total. The maximum atomic E-state index is 14.2. The monoisotopic (exact) mass is 428 g/mol. The zero-order valence-corrected chi connectivity index (χ0v) is 18.4. The Kier molecular flexibility index (Phi) is 7.00. The minimum atomic E-state index is -0.198. The van der Waals surface area contributed by atoms with Crippen molar-refractivity contribution >= 4 is 16.8 Å². The SMILES string of the molecule is C[C@@H](CCc1ccccc1)NC(=O)CCc1cn(Cc2ccccc2F)c2ccccc12. The molecule has 0 aliphatic carbocycles. The summed E-state index contributed by atoms with van der Waals surface area (Å²) in [5.41, 5.74) is 4.12. The molecule has 1 aromatic heterocycles. The van der Waals surface area contributed by atoms with E-state index in [1.165, 1.54) is 11.6 Å². The van der Waals surface area contributed by atoms with Crippen molar-refractivity contribution in [2.75, 3.05) is 0 Å². The first-order valence-corrected chi connectivity index (χ1v) is 11.2. The molecule has 4 rings (SSSR count). The topological polar surface area (TPSA) is 34.0 Å². The third-order valence-corrected chi connectivity index (χ3v) is 5.91. The van der Waals surface area contributed by atoms with Crippen molar-refractivity contribution in [3.8, 4) is 0 Å². The van der Waals surface area contributed by atoms with Crippen molar-refractivity contribution in [1.82, 2.24) is 9.88 Å². The number of hydrogen-bond acceptors (Lipinski definition) is 1. The summed E-state index contributed by atoms with van der Waals surface area (Å²) in [6, 6.07) is 25.4. The number of nitrogens with one attached hydrogen (secondary N) is 1. The number of benzene rings is 3. The average molecular weight is 429 g/mol. The molecule has 164 valence electrons. The quantitative estimate of drug-likeness (QED) is 0.354. The van der Waals surface area contributed by atoms with Gasteiger partial charge in [0.2, 0.25) is 5.91 Å². The van der Waals surface area contributed by atoms with Crippen molar-refractivity contribution < 1.29 is 9.18 Å². The number of aromatic nitrogens is 1. The minimum Gasteiger partial charge on any atom is -0.354 e. The number of aryl methyl sites for hydroxylation is 2. The van der Waals surface area contributed by atoms with Crippen molar-refractivity contribution in [1.29, 1.82) is 0 Å². The van der Waals surface area contributed by atoms with Gasteiger partial charge in [-0.25, -0.2) is 4.39 Å². The van der Waals surface area contributed by atoms with E-state index in [4.69, 9.17) is 0 Å². The van der Waals surface area contributed by atoms with Crippen LogP contribution in [0, 0.1) is 5.82 Å². The number of hydrogen-bond donors (Lipinski definition) is 1. The van der Waals surface area contributed by atoms with Crippen LogP contribution >= 0.6 is 0 Å². The Morgan fingerprint density at radius 3 is 2.44 bits per heavy atom. The molecule has 0 spiro atoms. The highest BCUT2D eigenvalue weighted by Gasteiger charge is 2.13. The second-order valence-corrected chi connectivity index (χ2v) is 8.38. The number of carbonyl (C=O) groups excluding carboxylic acids is 1. The Balaban J connectivity index is 1.37. The highest BCUT2D eigenvalue weighted by atomic mass is 19.1. The molecule has 0 saturated heterocycles. The van der Waals surface area contributed by atoms with Gasteiger partial charge in [0, 0.05) is 35.1 Å². The molecule has 1 atom stereocenters. The molecule has 4 heteroatoms. The number of fused-ring (bicyclic) bond motifs is 1. The maximum absolute atomic E-state index is 14.2. The molecule has 0 aliphatic heterocycles. The van der Waals surface area contributed by atoms with E-state index in [1.807, 2.05) is 48.5 Å². The van der Waals surface area contributed by atoms with Gasteiger partial charge < -0.3 is 9.88 Å². The standard InChI is InChI=1S/C28H29FN2O/c1-21(15-16-22-9-3-2-4-10-22)30-28(32)18-17-23-19-31(27-14-8-6-12-25(23)27)20-24-11-5-7-13-26(24)29/h2-14,19,21H,15-18,20H2,1H3,(H,30,32)/t21-/m0/s1. The van der Waals surface area contributed by atoms with Crippen LogP contribution in [0.2, 0.25) is 0 Å². The van der Waals surface area contributed by atoms with Crippen molar-refractivity contribution in [3.05, 3.63) is 108 Å². The van der Waals surface area contributed by atoms with Gasteiger partial charge in [0.1, 0.15) is 5.82 Å². The lowest BCUT2D eigenvalue weighted by Crippen LogP contribution is -2.33. The Bertz CT molecular complexity index is 1180. The fourth-order valence-electron chi connectivity index (χ4n) is 4.16. The number of nitrogens with zero attached hydrogens (tertiary/aromatic N) is 1. The highest BCUT2D eigenvalue weighted by Crippen LogP contribution is 2.24. The van der Waals surface area contributed by atoms with Crippen LogP contribution in [0.15, 0.2) is 85.1 Å². The lowest BCUT2D eigenvalue weighted by Gasteiger charge is -2.14. The second kappa shape index (κ2) is 10.3. The zero-order valence-electron chi connectivity index (χ0n) is 18.4. The molecule has 0 aliphatic rings. The summed E-state index contributed by atoms with van der Waals surface area (Å²) < 4.78 is 16.2. The summed E-state index contributed by atoms with van der Waals surface area (Å²) in [7, 11) is 0. The third-order valence-electron chi connectivity index (χ3n) is 5.91. The summed E-state index contributed by atoms with van der Waals surface area (Å²) in [6.07, 6.45) is 5.01. The lowest BCUT2D eigenvalue weighted by molar-refractivity contribution is -0.121. The Morgan fingerprint density at radius 2 is 1.62 bits per heavy atom. The Hall–Kier alpha value is -3.40. The first kappa shape index (κ1) is 21.8. The van der Waals surface area contributed by atoms with Crippen LogP contribution in [0.25, 0.3) is 10.9 Å². The van der Waals surface area contributed by atoms with E-state index in [1.54, 1.807) is 6.07 Å². The van der Waals surface area contributed by atoms with Gasteiger partial charge in [0.05, 0.1) is 6.54 Å². The minimum absolute atomic E-state index is 0.0662. The molecular weight excluding hydrogens is 399 g/mol. The largest absolute Gasteiger partial charge is 0.354 e. The molecule has 3 aromatic carbocycles. The number of rotatable bonds is 9. The van der Waals surface area contributed by atoms with E-state index in [0.717, 1.165) is 29.3 Å². The van der Waals surface area contributed by atoms with Gasteiger partial charge >= 0.3 is 0 Å². The molecule has 4 aromatic rings. The average Bonchev–Trinajstić information content (AvgIpc) is 3.16. The lowest BCUT2D eigenvalue weighted by atomic mass is 10.1. The normalized spacial score (nSPS) is 12.1. The molecule has 1 amide bonds. The second-order valence-electron chi connectivity index (χ2n) is 8.38. The fraction of sp³-hybridized carbons (Fsp3) is 0.250. The zero-order chi connectivity index (χ0) is 22.3. The van der Waals surface area contributed by atoms with Crippen LogP contribution in [0.3, 0.4) is 0 Å². The van der Waals surface area contributed by atoms with Crippen LogP contribution in [-0.4, -0.2) is 16.5 Å². The molecule has 32 heavy (non-hydrogen) atoms. The molecule has 3 nitrogen and oxygen atoms in total. The number of carbonyl (C=O) groups is 1. The molecule has 0 bridgehead atoms. The van der Waals surface area contributed by atoms with Crippen LogP contribution in [0.1, 0.15) is 36.5 Å². The molecular formula is C28H29FN2O. The van der Waals surface area contributed by atoms with Gasteiger partial charge in [-0.2, -0.15) is 0 Å². The smallest absolute Gasteiger partial charge is 0.220 e. The van der Waals surface area contributed by atoms with E-state index in [-0.39, 0.29) is 17.8 Å². The highest BCUT2D eigenvalue weighted by molar-refractivity contribution is 5.85. The predicted molar refractivity (Wildman–Crippen MR) is 128 cm³/mol. The fourth-order valence-corrected chi connectivity index (χ4v) is 4.16. The third kappa shape index (κ3) is 5.44. The predicted octanol–water partition coefficient (Wildman–Crippen LogP) is 5.90. The van der Waals surface area contributed by atoms with E-state index in [2.05, 4.69) is 41.2 Å². The maximum Gasteiger partial charge on any atom is 0.220 e. The van der Waals surface area contributed by atoms with Crippen molar-refractivity contribution in [2.24, 2.45) is 0 Å². The molecule has 0 fully saturated rings. The summed E-state index contributed by atoms with van der Waals surface area (Å²) in [6.45, 7) is 2.52. The van der Waals surface area contributed by atoms with Crippen LogP contribution < -0.4 is 5.32 Å². The van der Waals surface area contributed by atoms with E-state index < -0.39 is 0 Å². The van der Waals surface area contributed by atoms with Crippen molar-refractivity contribution in [3.63, 3.8) is 0 Å². The number of amides is 1. The van der Waals surface area contributed by atoms with Gasteiger partial charge in [-0.1, -0.05) is 66.7 Å². The summed E-state index contributed by atoms with van der Waals surface area (Å²) >= 11 is 0. The van der Waals surface area contributed by atoms with E-state index in [0.29, 0.717) is 24.9 Å². The Labute approximate surface area is 188 Å². The molecule has 0 saturated carbocycles. The van der Waals surface area contributed by atoms with Gasteiger partial charge in [-0.3, -0.25) is 4.79 Å². The molecule has 0 unspecified atom stereocenters.